The van der Waals surface area contributed by atoms with E-state index in [-0.39, 0.29) is 6.10 Å². The summed E-state index contributed by atoms with van der Waals surface area (Å²) >= 11 is 0. The molecule has 3 atom stereocenters. The van der Waals surface area contributed by atoms with E-state index in [9.17, 15) is 0 Å². The van der Waals surface area contributed by atoms with Crippen LogP contribution in [0.25, 0.3) is 0 Å². The minimum absolute atomic E-state index is 0.0819. The third kappa shape index (κ3) is 0.775. The van der Waals surface area contributed by atoms with Crippen molar-refractivity contribution < 1.29 is 14.6 Å². The van der Waals surface area contributed by atoms with Crippen molar-refractivity contribution in [2.24, 2.45) is 0 Å². The Labute approximate surface area is 52.9 Å². The Bertz CT molecular complexity index is 143. The summed E-state index contributed by atoms with van der Waals surface area (Å²) in [6.45, 7) is 0.582. The van der Waals surface area contributed by atoms with Crippen molar-refractivity contribution in [1.29, 1.82) is 0 Å². The lowest BCUT2D eigenvalue weighted by molar-refractivity contribution is -0.115. The lowest BCUT2D eigenvalue weighted by atomic mass is 10.2. The van der Waals surface area contributed by atoms with E-state index in [0.29, 0.717) is 6.61 Å². The first kappa shape index (κ1) is 5.41. The van der Waals surface area contributed by atoms with E-state index in [2.05, 4.69) is 0 Å². The van der Waals surface area contributed by atoms with Gasteiger partial charge in [0.05, 0.1) is 6.61 Å². The van der Waals surface area contributed by atoms with Gasteiger partial charge in [-0.3, -0.25) is 0 Å². The van der Waals surface area contributed by atoms with Crippen LogP contribution in [0.3, 0.4) is 0 Å². The summed E-state index contributed by atoms with van der Waals surface area (Å²) in [4.78, 5) is 0. The first-order chi connectivity index (χ1) is 4.36. The highest BCUT2D eigenvalue weighted by Crippen LogP contribution is 2.20. The molecule has 2 aliphatic rings. The molecule has 0 amide bonds. The van der Waals surface area contributed by atoms with Crippen LogP contribution >= 0.6 is 0 Å². The summed E-state index contributed by atoms with van der Waals surface area (Å²) in [7, 11) is 0. The smallest absolute Gasteiger partial charge is 0.188 e. The molecule has 0 aliphatic carbocycles. The van der Waals surface area contributed by atoms with E-state index in [1.54, 1.807) is 6.08 Å². The summed E-state index contributed by atoms with van der Waals surface area (Å²) < 4.78 is 10.2. The highest BCUT2D eigenvalue weighted by atomic mass is 16.7. The Morgan fingerprint density at radius 2 is 2.33 bits per heavy atom. The highest BCUT2D eigenvalue weighted by Gasteiger charge is 2.32. The van der Waals surface area contributed by atoms with Gasteiger partial charge in [-0.1, -0.05) is 12.2 Å². The molecule has 0 spiro atoms. The standard InChI is InChI=1S/C6H8O3/c7-5-2-1-4-3-8-6(5)9-4/h1-2,4-7H,3H2/t4-,5+,6-/m1/s1. The molecule has 0 aromatic carbocycles. The molecule has 0 unspecified atom stereocenters. The minimum Gasteiger partial charge on any atom is -0.384 e. The zero-order chi connectivity index (χ0) is 6.27. The molecule has 9 heavy (non-hydrogen) atoms. The van der Waals surface area contributed by atoms with E-state index in [1.807, 2.05) is 6.08 Å². The lowest BCUT2D eigenvalue weighted by Gasteiger charge is -2.17. The van der Waals surface area contributed by atoms with Crippen molar-refractivity contribution in [3.8, 4) is 0 Å². The maximum Gasteiger partial charge on any atom is 0.188 e. The van der Waals surface area contributed by atoms with Gasteiger partial charge in [-0.05, 0) is 0 Å². The van der Waals surface area contributed by atoms with Gasteiger partial charge in [0.1, 0.15) is 12.2 Å². The van der Waals surface area contributed by atoms with Crippen LogP contribution < -0.4 is 0 Å². The fraction of sp³-hybridized carbons (Fsp3) is 0.667. The third-order valence-corrected chi connectivity index (χ3v) is 1.54. The van der Waals surface area contributed by atoms with Crippen molar-refractivity contribution >= 4 is 0 Å². The zero-order valence-electron chi connectivity index (χ0n) is 4.86. The highest BCUT2D eigenvalue weighted by molar-refractivity contribution is 5.02. The molecule has 0 aromatic heterocycles. The monoisotopic (exact) mass is 128 g/mol. The van der Waals surface area contributed by atoms with Crippen molar-refractivity contribution in [3.05, 3.63) is 12.2 Å². The molecule has 3 nitrogen and oxygen atoms in total. The first-order valence-electron chi connectivity index (χ1n) is 3.00. The van der Waals surface area contributed by atoms with E-state index >= 15 is 0 Å². The van der Waals surface area contributed by atoms with Crippen molar-refractivity contribution in [2.75, 3.05) is 6.61 Å². The van der Waals surface area contributed by atoms with Gasteiger partial charge < -0.3 is 14.6 Å². The Morgan fingerprint density at radius 1 is 1.44 bits per heavy atom. The summed E-state index contributed by atoms with van der Waals surface area (Å²) in [5.74, 6) is 0. The molecule has 3 heteroatoms. The Morgan fingerprint density at radius 3 is 3.11 bits per heavy atom. The summed E-state index contributed by atoms with van der Waals surface area (Å²) in [5, 5.41) is 9.06. The average molecular weight is 128 g/mol. The fourth-order valence-electron chi connectivity index (χ4n) is 1.05. The van der Waals surface area contributed by atoms with Crippen LogP contribution in [0.1, 0.15) is 0 Å². The average Bonchev–Trinajstić information content (AvgIpc) is 2.25. The lowest BCUT2D eigenvalue weighted by Crippen LogP contribution is -2.28. The summed E-state index contributed by atoms with van der Waals surface area (Å²) in [6, 6.07) is 0. The Hall–Kier alpha value is -0.380. The molecule has 1 N–H and O–H groups in total. The maximum absolute atomic E-state index is 9.06. The number of hydrogen-bond donors (Lipinski definition) is 1. The second-order valence-corrected chi connectivity index (χ2v) is 2.25. The minimum atomic E-state index is -0.566. The van der Waals surface area contributed by atoms with Gasteiger partial charge in [0.2, 0.25) is 0 Å². The van der Waals surface area contributed by atoms with Crippen molar-refractivity contribution in [2.45, 2.75) is 18.5 Å². The predicted octanol–water partition coefficient (Wildman–Crippen LogP) is -0.341. The topological polar surface area (TPSA) is 38.7 Å². The van der Waals surface area contributed by atoms with Crippen LogP contribution in [-0.4, -0.2) is 30.2 Å². The van der Waals surface area contributed by atoms with E-state index in [1.165, 1.54) is 0 Å². The quantitative estimate of drug-likeness (QED) is 0.453. The molecular weight excluding hydrogens is 120 g/mol. The largest absolute Gasteiger partial charge is 0.384 e. The van der Waals surface area contributed by atoms with Crippen LogP contribution in [0.5, 0.6) is 0 Å². The molecule has 1 fully saturated rings. The molecule has 2 bridgehead atoms. The molecule has 0 radical (unpaired) electrons. The van der Waals surface area contributed by atoms with Gasteiger partial charge in [-0.25, -0.2) is 0 Å². The predicted molar refractivity (Wildman–Crippen MR) is 29.8 cm³/mol. The first-order valence-corrected chi connectivity index (χ1v) is 3.00. The molecular formula is C6H8O3. The fourth-order valence-corrected chi connectivity index (χ4v) is 1.05. The normalized spacial score (nSPS) is 47.9. The molecule has 2 rings (SSSR count). The SMILES string of the molecule is O[C@H]1C=C[C@@H]2CO[C@@H]1O2. The molecule has 50 valence electrons. The summed E-state index contributed by atoms with van der Waals surface area (Å²) in [5.41, 5.74) is 0. The van der Waals surface area contributed by atoms with E-state index in [0.717, 1.165) is 0 Å². The second-order valence-electron chi connectivity index (χ2n) is 2.25. The number of aliphatic hydroxyl groups is 1. The maximum atomic E-state index is 9.06. The van der Waals surface area contributed by atoms with Crippen LogP contribution in [-0.2, 0) is 9.47 Å². The molecule has 2 aliphatic heterocycles. The molecule has 1 saturated heterocycles. The van der Waals surface area contributed by atoms with Gasteiger partial charge in [-0.2, -0.15) is 0 Å². The number of ether oxygens (including phenoxy) is 2. The zero-order valence-corrected chi connectivity index (χ0v) is 4.86. The van der Waals surface area contributed by atoms with Crippen molar-refractivity contribution in [3.63, 3.8) is 0 Å². The van der Waals surface area contributed by atoms with Gasteiger partial charge in [0, 0.05) is 0 Å². The molecule has 2 heterocycles. The summed E-state index contributed by atoms with van der Waals surface area (Å²) in [6.07, 6.45) is 2.65. The van der Waals surface area contributed by atoms with Gasteiger partial charge in [0.25, 0.3) is 0 Å². The van der Waals surface area contributed by atoms with Crippen LogP contribution in [0.15, 0.2) is 12.2 Å². The van der Waals surface area contributed by atoms with Crippen LogP contribution in [0.2, 0.25) is 0 Å². The third-order valence-electron chi connectivity index (χ3n) is 1.54. The number of hydrogen-bond acceptors (Lipinski definition) is 3. The van der Waals surface area contributed by atoms with E-state index < -0.39 is 12.4 Å². The van der Waals surface area contributed by atoms with Crippen LogP contribution in [0, 0.1) is 0 Å². The van der Waals surface area contributed by atoms with Gasteiger partial charge in [0.15, 0.2) is 6.29 Å². The molecule has 0 aromatic rings. The Balaban J connectivity index is 2.19. The number of aliphatic hydroxyl groups excluding tert-OH is 1. The molecule has 0 saturated carbocycles. The second kappa shape index (κ2) is 1.80. The van der Waals surface area contributed by atoms with Crippen LogP contribution in [0.4, 0.5) is 0 Å². The van der Waals surface area contributed by atoms with Gasteiger partial charge in [-0.15, -0.1) is 0 Å². The number of rotatable bonds is 0. The van der Waals surface area contributed by atoms with E-state index in [4.69, 9.17) is 14.6 Å². The number of fused-ring (bicyclic) bond motifs is 2. The van der Waals surface area contributed by atoms with Gasteiger partial charge >= 0.3 is 0 Å². The Kier molecular flexibility index (Phi) is 1.08. The van der Waals surface area contributed by atoms with Crippen molar-refractivity contribution in [1.82, 2.24) is 0 Å².